The molecule has 0 aromatic rings. The quantitative estimate of drug-likeness (QED) is 0.609. The summed E-state index contributed by atoms with van der Waals surface area (Å²) < 4.78 is 0. The summed E-state index contributed by atoms with van der Waals surface area (Å²) in [4.78, 5) is 24.2. The topological polar surface area (TPSA) is 61.4 Å². The Morgan fingerprint density at radius 2 is 1.93 bits per heavy atom. The maximum atomic E-state index is 11.5. The first-order chi connectivity index (χ1) is 6.74. The fraction of sp³-hybridized carbons (Fsp3) is 0.778. The summed E-state index contributed by atoms with van der Waals surface area (Å²) in [5, 5.41) is 5.67. The van der Waals surface area contributed by atoms with Crippen molar-refractivity contribution in [1.82, 2.24) is 15.5 Å². The molecule has 0 aromatic carbocycles. The first kappa shape index (κ1) is 11.0. The molecule has 2 amide bonds. The van der Waals surface area contributed by atoms with E-state index in [2.05, 4.69) is 10.6 Å². The molecule has 1 heterocycles. The number of rotatable bonds is 3. The molecule has 0 saturated carbocycles. The van der Waals surface area contributed by atoms with Crippen molar-refractivity contribution in [2.45, 2.75) is 12.8 Å². The van der Waals surface area contributed by atoms with E-state index in [1.165, 1.54) is 0 Å². The lowest BCUT2D eigenvalue weighted by molar-refractivity contribution is -0.134. The van der Waals surface area contributed by atoms with Crippen LogP contribution in [-0.4, -0.2) is 49.9 Å². The van der Waals surface area contributed by atoms with Crippen LogP contribution in [0, 0.1) is 0 Å². The summed E-state index contributed by atoms with van der Waals surface area (Å²) in [6.07, 6.45) is 0.610. The van der Waals surface area contributed by atoms with E-state index in [4.69, 9.17) is 0 Å². The van der Waals surface area contributed by atoms with Gasteiger partial charge in [-0.15, -0.1) is 0 Å². The summed E-state index contributed by atoms with van der Waals surface area (Å²) >= 11 is 0. The lowest BCUT2D eigenvalue weighted by Crippen LogP contribution is -2.46. The summed E-state index contributed by atoms with van der Waals surface area (Å²) in [5.41, 5.74) is 0. The number of carbonyl (C=O) groups excluding carboxylic acids is 2. The van der Waals surface area contributed by atoms with Crippen LogP contribution in [-0.2, 0) is 9.59 Å². The molecule has 0 bridgehead atoms. The molecule has 0 aliphatic carbocycles. The lowest BCUT2D eigenvalue weighted by atomic mass is 10.2. The molecule has 0 spiro atoms. The summed E-state index contributed by atoms with van der Waals surface area (Å²) in [6, 6.07) is 0. The van der Waals surface area contributed by atoms with Gasteiger partial charge in [0.05, 0.1) is 0 Å². The van der Waals surface area contributed by atoms with E-state index < -0.39 is 0 Å². The van der Waals surface area contributed by atoms with Crippen molar-refractivity contribution >= 4 is 11.8 Å². The van der Waals surface area contributed by atoms with Gasteiger partial charge < -0.3 is 15.5 Å². The third kappa shape index (κ3) is 3.33. The van der Waals surface area contributed by atoms with Crippen molar-refractivity contribution < 1.29 is 9.59 Å². The summed E-state index contributed by atoms with van der Waals surface area (Å²) in [7, 11) is 1.58. The van der Waals surface area contributed by atoms with Gasteiger partial charge in [-0.25, -0.2) is 0 Å². The van der Waals surface area contributed by atoms with Crippen LogP contribution in [0.25, 0.3) is 0 Å². The van der Waals surface area contributed by atoms with Gasteiger partial charge in [0.1, 0.15) is 0 Å². The Kier molecular flexibility index (Phi) is 4.39. The van der Waals surface area contributed by atoms with Gasteiger partial charge in [-0.1, -0.05) is 0 Å². The Hall–Kier alpha value is -1.10. The molecule has 14 heavy (non-hydrogen) atoms. The van der Waals surface area contributed by atoms with Crippen LogP contribution < -0.4 is 10.6 Å². The highest BCUT2D eigenvalue weighted by Gasteiger charge is 2.16. The van der Waals surface area contributed by atoms with Gasteiger partial charge in [0.15, 0.2) is 0 Å². The van der Waals surface area contributed by atoms with Crippen LogP contribution in [0.3, 0.4) is 0 Å². The van der Waals surface area contributed by atoms with Gasteiger partial charge in [-0.3, -0.25) is 9.59 Å². The first-order valence-electron chi connectivity index (χ1n) is 4.93. The minimum Gasteiger partial charge on any atom is -0.359 e. The Morgan fingerprint density at radius 3 is 2.50 bits per heavy atom. The largest absolute Gasteiger partial charge is 0.359 e. The predicted molar refractivity (Wildman–Crippen MR) is 52.8 cm³/mol. The molecular weight excluding hydrogens is 182 g/mol. The van der Waals surface area contributed by atoms with E-state index in [1.54, 1.807) is 11.9 Å². The van der Waals surface area contributed by atoms with Gasteiger partial charge in [0, 0.05) is 46.1 Å². The number of piperazine rings is 1. The SMILES string of the molecule is CNC(=O)CCC(=O)N1CCNCC1. The first-order valence-corrected chi connectivity index (χ1v) is 4.93. The van der Waals surface area contributed by atoms with Gasteiger partial charge in [-0.2, -0.15) is 0 Å². The van der Waals surface area contributed by atoms with E-state index >= 15 is 0 Å². The Bertz CT molecular complexity index is 212. The minimum absolute atomic E-state index is 0.0755. The second kappa shape index (κ2) is 5.59. The second-order valence-electron chi connectivity index (χ2n) is 3.30. The number of hydrogen-bond acceptors (Lipinski definition) is 3. The van der Waals surface area contributed by atoms with Gasteiger partial charge in [-0.05, 0) is 0 Å². The number of hydrogen-bond donors (Lipinski definition) is 2. The number of nitrogens with zero attached hydrogens (tertiary/aromatic N) is 1. The van der Waals surface area contributed by atoms with Crippen LogP contribution in [0.1, 0.15) is 12.8 Å². The van der Waals surface area contributed by atoms with Crippen molar-refractivity contribution in [3.63, 3.8) is 0 Å². The molecule has 0 radical (unpaired) electrons. The summed E-state index contributed by atoms with van der Waals surface area (Å²) in [6.45, 7) is 3.22. The van der Waals surface area contributed by atoms with E-state index in [1.807, 2.05) is 0 Å². The maximum absolute atomic E-state index is 11.5. The maximum Gasteiger partial charge on any atom is 0.223 e. The van der Waals surface area contributed by atoms with E-state index in [9.17, 15) is 9.59 Å². The van der Waals surface area contributed by atoms with Crippen molar-refractivity contribution in [2.24, 2.45) is 0 Å². The van der Waals surface area contributed by atoms with Gasteiger partial charge in [0.25, 0.3) is 0 Å². The van der Waals surface area contributed by atoms with E-state index in [-0.39, 0.29) is 11.8 Å². The fourth-order valence-corrected chi connectivity index (χ4v) is 1.42. The highest BCUT2D eigenvalue weighted by Crippen LogP contribution is 1.99. The highest BCUT2D eigenvalue weighted by molar-refractivity contribution is 5.83. The van der Waals surface area contributed by atoms with Crippen LogP contribution in [0.2, 0.25) is 0 Å². The molecule has 5 nitrogen and oxygen atoms in total. The molecule has 1 aliphatic rings. The van der Waals surface area contributed by atoms with E-state index in [0.29, 0.717) is 12.8 Å². The van der Waals surface area contributed by atoms with Crippen molar-refractivity contribution in [3.8, 4) is 0 Å². The van der Waals surface area contributed by atoms with Crippen LogP contribution >= 0.6 is 0 Å². The molecule has 80 valence electrons. The van der Waals surface area contributed by atoms with Crippen LogP contribution in [0.15, 0.2) is 0 Å². The fourth-order valence-electron chi connectivity index (χ4n) is 1.42. The third-order valence-corrected chi connectivity index (χ3v) is 2.31. The monoisotopic (exact) mass is 199 g/mol. The van der Waals surface area contributed by atoms with Crippen molar-refractivity contribution in [3.05, 3.63) is 0 Å². The Labute approximate surface area is 83.8 Å². The van der Waals surface area contributed by atoms with Gasteiger partial charge >= 0.3 is 0 Å². The molecule has 0 unspecified atom stereocenters. The zero-order valence-corrected chi connectivity index (χ0v) is 8.51. The predicted octanol–water partition coefficient (Wildman–Crippen LogP) is -1.06. The molecule has 1 saturated heterocycles. The molecule has 1 aliphatic heterocycles. The standard InChI is InChI=1S/C9H17N3O2/c1-10-8(13)2-3-9(14)12-6-4-11-5-7-12/h11H,2-7H2,1H3,(H,10,13). The lowest BCUT2D eigenvalue weighted by Gasteiger charge is -2.27. The molecule has 1 rings (SSSR count). The van der Waals surface area contributed by atoms with Crippen molar-refractivity contribution in [1.29, 1.82) is 0 Å². The summed E-state index contributed by atoms with van der Waals surface area (Å²) in [5.74, 6) is 0.00332. The Balaban J connectivity index is 2.23. The molecule has 1 fully saturated rings. The molecule has 2 N–H and O–H groups in total. The van der Waals surface area contributed by atoms with Crippen molar-refractivity contribution in [2.75, 3.05) is 33.2 Å². The van der Waals surface area contributed by atoms with Crippen LogP contribution in [0.4, 0.5) is 0 Å². The number of amides is 2. The zero-order valence-electron chi connectivity index (χ0n) is 8.51. The minimum atomic E-state index is -0.0755. The highest BCUT2D eigenvalue weighted by atomic mass is 16.2. The molecular formula is C9H17N3O2. The second-order valence-corrected chi connectivity index (χ2v) is 3.30. The number of nitrogens with one attached hydrogen (secondary N) is 2. The number of carbonyl (C=O) groups is 2. The molecule has 5 heteroatoms. The zero-order chi connectivity index (χ0) is 10.4. The average molecular weight is 199 g/mol. The van der Waals surface area contributed by atoms with Crippen LogP contribution in [0.5, 0.6) is 0 Å². The Morgan fingerprint density at radius 1 is 1.29 bits per heavy atom. The molecule has 0 atom stereocenters. The average Bonchev–Trinajstić information content (AvgIpc) is 2.26. The van der Waals surface area contributed by atoms with E-state index in [0.717, 1.165) is 26.2 Å². The normalized spacial score (nSPS) is 16.5. The van der Waals surface area contributed by atoms with Gasteiger partial charge in [0.2, 0.25) is 11.8 Å². The molecule has 0 aromatic heterocycles. The third-order valence-electron chi connectivity index (χ3n) is 2.31. The smallest absolute Gasteiger partial charge is 0.223 e.